The van der Waals surface area contributed by atoms with E-state index in [4.69, 9.17) is 0 Å². The van der Waals surface area contributed by atoms with Crippen LogP contribution in [0.2, 0.25) is 39.3 Å². The average molecular weight is 689 g/mol. The Balaban J connectivity index is 0.000000770. The maximum Gasteiger partial charge on any atom is 0.129 e. The van der Waals surface area contributed by atoms with Gasteiger partial charge in [0, 0.05) is 19.0 Å². The largest absolute Gasteiger partial charge is 0.306 e. The van der Waals surface area contributed by atoms with E-state index in [1.54, 1.807) is 5.57 Å². The first kappa shape index (κ1) is 45.8. The van der Waals surface area contributed by atoms with Crippen molar-refractivity contribution in [2.75, 3.05) is 0 Å². The molecule has 0 aliphatic rings. The molecule has 0 saturated heterocycles. The highest BCUT2D eigenvalue weighted by Gasteiger charge is 2.18. The van der Waals surface area contributed by atoms with E-state index in [0.717, 1.165) is 25.9 Å². The van der Waals surface area contributed by atoms with Crippen LogP contribution in [-0.4, -0.2) is 28.4 Å². The van der Waals surface area contributed by atoms with Crippen LogP contribution in [0.3, 0.4) is 0 Å². The lowest BCUT2D eigenvalue weighted by Crippen LogP contribution is -2.32. The summed E-state index contributed by atoms with van der Waals surface area (Å²) < 4.78 is 0. The molecule has 1 atom stereocenters. The highest BCUT2D eigenvalue weighted by molar-refractivity contribution is 6.83. The molecule has 1 N–H and O–H groups in total. The van der Waals surface area contributed by atoms with Gasteiger partial charge in [-0.25, -0.2) is 0 Å². The van der Waals surface area contributed by atoms with Crippen molar-refractivity contribution < 1.29 is 0 Å². The van der Waals surface area contributed by atoms with Gasteiger partial charge in [-0.15, -0.1) is 11.5 Å². The average Bonchev–Trinajstić information content (AvgIpc) is 3.05. The number of hydrogen-bond acceptors (Lipinski definition) is 2. The SMILES string of the molecule is CCCC=NCc1ccccc1.CCCCCC/C(=C\[Si](C)(C)C)C(CCC)NCc1ccccc1.CCCCCCC#C[Si](C)(C)C. The molecule has 0 heterocycles. The van der Waals surface area contributed by atoms with E-state index < -0.39 is 16.1 Å². The lowest BCUT2D eigenvalue weighted by Gasteiger charge is -2.25. The third-order valence-corrected chi connectivity index (χ3v) is 9.80. The van der Waals surface area contributed by atoms with Crippen LogP contribution in [0.1, 0.15) is 129 Å². The number of rotatable bonds is 20. The van der Waals surface area contributed by atoms with Crippen LogP contribution in [0.4, 0.5) is 0 Å². The number of nitrogens with one attached hydrogen (secondary N) is 1. The van der Waals surface area contributed by atoms with Crippen molar-refractivity contribution in [3.8, 4) is 11.5 Å². The minimum absolute atomic E-state index is 0.545. The molecule has 0 radical (unpaired) electrons. The van der Waals surface area contributed by atoms with Crippen LogP contribution >= 0.6 is 0 Å². The number of benzene rings is 2. The van der Waals surface area contributed by atoms with Gasteiger partial charge in [-0.3, -0.25) is 4.99 Å². The second-order valence-corrected chi connectivity index (χ2v) is 25.0. The molecule has 0 saturated carbocycles. The number of hydrogen-bond donors (Lipinski definition) is 1. The van der Waals surface area contributed by atoms with E-state index in [0.29, 0.717) is 6.04 Å². The molecule has 0 aliphatic heterocycles. The smallest absolute Gasteiger partial charge is 0.129 e. The Kier molecular flexibility index (Phi) is 28.3. The second-order valence-electron chi connectivity index (χ2n) is 15.3. The predicted octanol–water partition coefficient (Wildman–Crippen LogP) is 13.6. The molecule has 4 heteroatoms. The van der Waals surface area contributed by atoms with Gasteiger partial charge in [-0.2, -0.15) is 0 Å². The van der Waals surface area contributed by atoms with Crippen molar-refractivity contribution in [2.24, 2.45) is 4.99 Å². The van der Waals surface area contributed by atoms with Crippen LogP contribution in [-0.2, 0) is 13.1 Å². The summed E-state index contributed by atoms with van der Waals surface area (Å²) in [6.07, 6.45) is 19.9. The predicted molar refractivity (Wildman–Crippen MR) is 226 cm³/mol. The summed E-state index contributed by atoms with van der Waals surface area (Å²) in [6, 6.07) is 21.7. The molecular weight excluding hydrogens is 613 g/mol. The van der Waals surface area contributed by atoms with Crippen LogP contribution in [0.5, 0.6) is 0 Å². The van der Waals surface area contributed by atoms with E-state index >= 15 is 0 Å². The van der Waals surface area contributed by atoms with Crippen LogP contribution in [0.15, 0.2) is 76.9 Å². The van der Waals surface area contributed by atoms with E-state index in [1.165, 1.54) is 88.2 Å². The Morgan fingerprint density at radius 1 is 0.708 bits per heavy atom. The molecule has 2 aromatic rings. The molecule has 270 valence electrons. The first-order chi connectivity index (χ1) is 23.0. The normalized spacial score (nSPS) is 12.3. The summed E-state index contributed by atoms with van der Waals surface area (Å²) in [5.74, 6) is 3.30. The summed E-state index contributed by atoms with van der Waals surface area (Å²) in [5, 5.41) is 3.85. The summed E-state index contributed by atoms with van der Waals surface area (Å²) in [5.41, 5.74) is 10.4. The molecule has 2 rings (SSSR count). The molecule has 48 heavy (non-hydrogen) atoms. The standard InChI is InChI=1S/C22H39NSi.C11H15N.C11H22Si/c1-6-8-9-13-17-21(19-24(3,4)5)22(14-7-2)23-18-20-15-11-10-12-16-20;1-2-3-9-12-10-11-7-5-4-6-8-11;1-5-6-7-8-9-10-11-12(2,3)4/h10-12,15-16,19,22-23H,6-9,13-14,17-18H2,1-5H3;4-9H,2-3,10H2,1H3;5-9H2,1-4H3/b21-19+;;. The maximum absolute atomic E-state index is 4.31. The summed E-state index contributed by atoms with van der Waals surface area (Å²) in [7, 11) is -2.28. The zero-order chi connectivity index (χ0) is 35.9. The fourth-order valence-electron chi connectivity index (χ4n) is 5.14. The van der Waals surface area contributed by atoms with Crippen molar-refractivity contribution >= 4 is 22.4 Å². The second kappa shape index (κ2) is 29.7. The Bertz CT molecular complexity index is 1120. The van der Waals surface area contributed by atoms with Gasteiger partial charge >= 0.3 is 0 Å². The van der Waals surface area contributed by atoms with Gasteiger partial charge in [-0.1, -0.05) is 190 Å². The zero-order valence-corrected chi connectivity index (χ0v) is 35.3. The number of nitrogens with zero attached hydrogens (tertiary/aromatic N) is 1. The lowest BCUT2D eigenvalue weighted by molar-refractivity contribution is 0.506. The van der Waals surface area contributed by atoms with Gasteiger partial charge in [0.05, 0.1) is 14.6 Å². The molecule has 0 aliphatic carbocycles. The lowest BCUT2D eigenvalue weighted by atomic mass is 9.97. The van der Waals surface area contributed by atoms with Gasteiger partial charge < -0.3 is 5.32 Å². The van der Waals surface area contributed by atoms with Crippen molar-refractivity contribution in [2.45, 2.75) is 176 Å². The Hall–Kier alpha value is -2.20. The van der Waals surface area contributed by atoms with Gasteiger partial charge in [-0.05, 0) is 49.4 Å². The van der Waals surface area contributed by atoms with Crippen LogP contribution in [0, 0.1) is 11.5 Å². The molecule has 1 unspecified atom stereocenters. The first-order valence-corrected chi connectivity index (χ1v) is 26.5. The quantitative estimate of drug-likeness (QED) is 0.0637. The van der Waals surface area contributed by atoms with Crippen molar-refractivity contribution in [3.05, 3.63) is 83.1 Å². The van der Waals surface area contributed by atoms with Crippen molar-refractivity contribution in [1.82, 2.24) is 5.32 Å². The number of aliphatic imine (C=N–C) groups is 1. The fourth-order valence-corrected chi connectivity index (χ4v) is 7.26. The van der Waals surface area contributed by atoms with Gasteiger partial charge in [0.1, 0.15) is 8.07 Å². The minimum atomic E-state index is -1.19. The monoisotopic (exact) mass is 689 g/mol. The Morgan fingerprint density at radius 2 is 1.29 bits per heavy atom. The molecule has 0 aromatic heterocycles. The molecule has 0 amide bonds. The third-order valence-electron chi connectivity index (χ3n) is 7.64. The molecule has 2 nitrogen and oxygen atoms in total. The van der Waals surface area contributed by atoms with E-state index in [9.17, 15) is 0 Å². The van der Waals surface area contributed by atoms with Crippen molar-refractivity contribution in [1.29, 1.82) is 0 Å². The first-order valence-electron chi connectivity index (χ1n) is 19.5. The highest BCUT2D eigenvalue weighted by atomic mass is 28.3. The fraction of sp³-hybridized carbons (Fsp3) is 0.614. The van der Waals surface area contributed by atoms with Crippen LogP contribution < -0.4 is 5.32 Å². The summed E-state index contributed by atoms with van der Waals surface area (Å²) >= 11 is 0. The third kappa shape index (κ3) is 29.9. The van der Waals surface area contributed by atoms with E-state index in [2.05, 4.69) is 137 Å². The Labute approximate surface area is 302 Å². The molecule has 0 fully saturated rings. The minimum Gasteiger partial charge on any atom is -0.306 e. The Morgan fingerprint density at radius 3 is 1.81 bits per heavy atom. The summed E-state index contributed by atoms with van der Waals surface area (Å²) in [6.45, 7) is 25.1. The maximum atomic E-state index is 4.31. The molecule has 2 aromatic carbocycles. The van der Waals surface area contributed by atoms with E-state index in [1.807, 2.05) is 24.4 Å². The van der Waals surface area contributed by atoms with Gasteiger partial charge in [0.2, 0.25) is 0 Å². The van der Waals surface area contributed by atoms with E-state index in [-0.39, 0.29) is 0 Å². The highest BCUT2D eigenvalue weighted by Crippen LogP contribution is 2.21. The summed E-state index contributed by atoms with van der Waals surface area (Å²) in [4.78, 5) is 4.31. The van der Waals surface area contributed by atoms with Crippen LogP contribution in [0.25, 0.3) is 0 Å². The zero-order valence-electron chi connectivity index (χ0n) is 33.3. The van der Waals surface area contributed by atoms with Crippen molar-refractivity contribution in [3.63, 3.8) is 0 Å². The van der Waals surface area contributed by atoms with Gasteiger partial charge in [0.25, 0.3) is 0 Å². The molecule has 0 bridgehead atoms. The molecular formula is C44H76N2Si2. The van der Waals surface area contributed by atoms with Gasteiger partial charge in [0.15, 0.2) is 0 Å². The topological polar surface area (TPSA) is 24.4 Å². The molecule has 0 spiro atoms. The number of unbranched alkanes of at least 4 members (excludes halogenated alkanes) is 8.